The minimum Gasteiger partial charge on any atom is -0.489 e. The number of aromatic nitrogens is 4. The van der Waals surface area contributed by atoms with Crippen LogP contribution in [-0.4, -0.2) is 32.7 Å². The summed E-state index contributed by atoms with van der Waals surface area (Å²) in [6.45, 7) is 2.30. The number of hydrogen-bond acceptors (Lipinski definition) is 7. The Morgan fingerprint density at radius 1 is 1.19 bits per heavy atom. The van der Waals surface area contributed by atoms with Crippen molar-refractivity contribution in [1.82, 2.24) is 19.6 Å². The van der Waals surface area contributed by atoms with Crippen LogP contribution in [0.2, 0.25) is 5.02 Å². The normalized spacial score (nSPS) is 11.2. The summed E-state index contributed by atoms with van der Waals surface area (Å²) in [7, 11) is 1.37. The monoisotopic (exact) mass is 464 g/mol. The molecule has 0 saturated heterocycles. The first-order valence-electron chi connectivity index (χ1n) is 9.74. The molecule has 0 bridgehead atoms. The van der Waals surface area contributed by atoms with Gasteiger partial charge in [0.05, 0.1) is 12.5 Å². The quantitative estimate of drug-likeness (QED) is 0.327. The van der Waals surface area contributed by atoms with E-state index >= 15 is 0 Å². The Balaban J connectivity index is 1.43. The summed E-state index contributed by atoms with van der Waals surface area (Å²) in [5.41, 5.74) is 3.33. The van der Waals surface area contributed by atoms with Gasteiger partial charge in [0, 0.05) is 10.6 Å². The number of rotatable bonds is 5. The molecular weight excluding hydrogens is 448 g/mol. The number of nitrogens with zero attached hydrogens (tertiary/aromatic N) is 4. The second-order valence-electron chi connectivity index (χ2n) is 7.12. The number of halogens is 1. The van der Waals surface area contributed by atoms with Gasteiger partial charge in [0.25, 0.3) is 0 Å². The minimum atomic E-state index is -0.376. The minimum absolute atomic E-state index is 0.376. The van der Waals surface area contributed by atoms with E-state index in [0.717, 1.165) is 32.7 Å². The number of fused-ring (bicyclic) bond motifs is 3. The zero-order valence-electron chi connectivity index (χ0n) is 17.2. The van der Waals surface area contributed by atoms with E-state index < -0.39 is 0 Å². The van der Waals surface area contributed by atoms with Crippen molar-refractivity contribution in [2.45, 2.75) is 13.5 Å². The third-order valence-corrected chi connectivity index (χ3v) is 6.47. The van der Waals surface area contributed by atoms with Crippen molar-refractivity contribution < 1.29 is 14.3 Å². The van der Waals surface area contributed by atoms with Crippen molar-refractivity contribution in [3.05, 3.63) is 75.9 Å². The van der Waals surface area contributed by atoms with Gasteiger partial charge in [-0.15, -0.1) is 16.4 Å². The van der Waals surface area contributed by atoms with Crippen LogP contribution < -0.4 is 4.74 Å². The average molecular weight is 465 g/mol. The highest BCUT2D eigenvalue weighted by Crippen LogP contribution is 2.33. The lowest BCUT2D eigenvalue weighted by molar-refractivity contribution is 0.0605. The molecule has 5 rings (SSSR count). The number of esters is 1. The van der Waals surface area contributed by atoms with E-state index in [0.29, 0.717) is 28.0 Å². The molecule has 0 amide bonds. The van der Waals surface area contributed by atoms with Gasteiger partial charge in [-0.1, -0.05) is 41.9 Å². The van der Waals surface area contributed by atoms with E-state index in [1.807, 2.05) is 49.4 Å². The third-order valence-electron chi connectivity index (χ3n) is 5.05. The number of ether oxygens (including phenoxy) is 2. The molecule has 0 spiro atoms. The molecule has 32 heavy (non-hydrogen) atoms. The van der Waals surface area contributed by atoms with Crippen molar-refractivity contribution in [3.63, 3.8) is 0 Å². The molecule has 0 aliphatic carbocycles. The Morgan fingerprint density at radius 2 is 2.00 bits per heavy atom. The van der Waals surface area contributed by atoms with Crippen molar-refractivity contribution in [1.29, 1.82) is 0 Å². The van der Waals surface area contributed by atoms with E-state index in [1.54, 1.807) is 16.9 Å². The summed E-state index contributed by atoms with van der Waals surface area (Å²) in [4.78, 5) is 22.5. The van der Waals surface area contributed by atoms with Crippen molar-refractivity contribution >= 4 is 44.8 Å². The average Bonchev–Trinajstić information content (AvgIpc) is 3.38. The number of hydrogen-bond donors (Lipinski definition) is 0. The molecule has 160 valence electrons. The first kappa shape index (κ1) is 20.4. The fourth-order valence-corrected chi connectivity index (χ4v) is 4.66. The molecule has 3 aromatic heterocycles. The van der Waals surface area contributed by atoms with Crippen molar-refractivity contribution in [2.75, 3.05) is 7.11 Å². The van der Waals surface area contributed by atoms with Crippen LogP contribution in [0.15, 0.2) is 54.9 Å². The lowest BCUT2D eigenvalue weighted by Gasteiger charge is -2.07. The van der Waals surface area contributed by atoms with Crippen LogP contribution in [0.5, 0.6) is 5.75 Å². The molecular formula is C23H17ClN4O3S. The summed E-state index contributed by atoms with van der Waals surface area (Å²) in [5.74, 6) is 0.920. The molecule has 2 aromatic carbocycles. The van der Waals surface area contributed by atoms with Gasteiger partial charge in [-0.05, 0) is 36.2 Å². The van der Waals surface area contributed by atoms with E-state index in [4.69, 9.17) is 26.1 Å². The number of thiophene rings is 1. The van der Waals surface area contributed by atoms with Crippen LogP contribution in [0.1, 0.15) is 20.8 Å². The first-order chi connectivity index (χ1) is 15.5. The van der Waals surface area contributed by atoms with Crippen molar-refractivity contribution in [2.24, 2.45) is 0 Å². The van der Waals surface area contributed by atoms with Crippen LogP contribution in [-0.2, 0) is 11.3 Å². The Bertz CT molecular complexity index is 1460. The largest absolute Gasteiger partial charge is 0.489 e. The van der Waals surface area contributed by atoms with Gasteiger partial charge in [-0.3, -0.25) is 0 Å². The zero-order chi connectivity index (χ0) is 22.2. The van der Waals surface area contributed by atoms with Gasteiger partial charge in [-0.2, -0.15) is 0 Å². The van der Waals surface area contributed by atoms with E-state index in [1.165, 1.54) is 18.4 Å². The molecule has 0 fully saturated rings. The molecule has 3 heterocycles. The molecule has 0 radical (unpaired) electrons. The van der Waals surface area contributed by atoms with E-state index in [-0.39, 0.29) is 5.97 Å². The predicted octanol–water partition coefficient (Wildman–Crippen LogP) is 5.33. The highest BCUT2D eigenvalue weighted by molar-refractivity contribution is 7.20. The van der Waals surface area contributed by atoms with Crippen molar-refractivity contribution in [3.8, 4) is 17.1 Å². The Kier molecular flexibility index (Phi) is 5.24. The Hall–Kier alpha value is -3.49. The maximum atomic E-state index is 12.1. The molecule has 0 unspecified atom stereocenters. The lowest BCUT2D eigenvalue weighted by atomic mass is 10.1. The maximum absolute atomic E-state index is 12.1. The van der Waals surface area contributed by atoms with E-state index in [2.05, 4.69) is 10.1 Å². The number of benzene rings is 2. The summed E-state index contributed by atoms with van der Waals surface area (Å²) >= 11 is 7.29. The highest BCUT2D eigenvalue weighted by Gasteiger charge is 2.20. The molecule has 5 aromatic rings. The number of aryl methyl sites for hydroxylation is 1. The highest BCUT2D eigenvalue weighted by atomic mass is 35.5. The molecule has 0 saturated carbocycles. The van der Waals surface area contributed by atoms with Crippen LogP contribution in [0.25, 0.3) is 27.3 Å². The standard InChI is InChI=1S/C23H17ClN4O3S/c1-13-18-21-26-20(27-28(21)12-25-22(18)32-19(13)23(29)30-2)15-8-6-14(7-9-15)11-31-17-5-3-4-16(24)10-17/h3-10,12H,11H2,1-2H3. The molecule has 0 atom stereocenters. The Morgan fingerprint density at radius 3 is 2.75 bits per heavy atom. The zero-order valence-corrected chi connectivity index (χ0v) is 18.8. The molecule has 0 aliphatic heterocycles. The molecule has 9 heteroatoms. The van der Waals surface area contributed by atoms with E-state index in [9.17, 15) is 4.79 Å². The van der Waals surface area contributed by atoms with Gasteiger partial charge >= 0.3 is 5.97 Å². The number of carbonyl (C=O) groups is 1. The van der Waals surface area contributed by atoms with Gasteiger partial charge in [-0.25, -0.2) is 19.3 Å². The number of methoxy groups -OCH3 is 1. The second kappa shape index (κ2) is 8.22. The fourth-order valence-electron chi connectivity index (χ4n) is 3.42. The fraction of sp³-hybridized carbons (Fsp3) is 0.130. The second-order valence-corrected chi connectivity index (χ2v) is 8.55. The van der Waals surface area contributed by atoms with Crippen LogP contribution in [0, 0.1) is 6.92 Å². The van der Waals surface area contributed by atoms with Crippen LogP contribution >= 0.6 is 22.9 Å². The van der Waals surface area contributed by atoms with Gasteiger partial charge < -0.3 is 9.47 Å². The SMILES string of the molecule is COC(=O)c1sc2ncn3nc(-c4ccc(COc5cccc(Cl)c5)cc4)nc3c2c1C. The summed E-state index contributed by atoms with van der Waals surface area (Å²) < 4.78 is 12.3. The summed E-state index contributed by atoms with van der Waals surface area (Å²) in [6, 6.07) is 15.2. The third kappa shape index (κ3) is 3.68. The van der Waals surface area contributed by atoms with Gasteiger partial charge in [0.2, 0.25) is 0 Å². The summed E-state index contributed by atoms with van der Waals surface area (Å²) in [5, 5.41) is 6.01. The Labute approximate surface area is 192 Å². The molecule has 0 aliphatic rings. The maximum Gasteiger partial charge on any atom is 0.348 e. The summed E-state index contributed by atoms with van der Waals surface area (Å²) in [6.07, 6.45) is 1.61. The lowest BCUT2D eigenvalue weighted by Crippen LogP contribution is -1.99. The van der Waals surface area contributed by atoms with Gasteiger partial charge in [0.15, 0.2) is 11.5 Å². The smallest absolute Gasteiger partial charge is 0.348 e. The molecule has 7 nitrogen and oxygen atoms in total. The topological polar surface area (TPSA) is 78.6 Å². The van der Waals surface area contributed by atoms with Gasteiger partial charge in [0.1, 0.15) is 28.4 Å². The van der Waals surface area contributed by atoms with Crippen LogP contribution in [0.3, 0.4) is 0 Å². The first-order valence-corrected chi connectivity index (χ1v) is 10.9. The number of carbonyl (C=O) groups excluding carboxylic acids is 1. The molecule has 0 N–H and O–H groups in total. The van der Waals surface area contributed by atoms with Crippen LogP contribution in [0.4, 0.5) is 0 Å². The predicted molar refractivity (Wildman–Crippen MR) is 123 cm³/mol.